The highest BCUT2D eigenvalue weighted by Gasteiger charge is 2.31. The van der Waals surface area contributed by atoms with Crippen LogP contribution in [0.1, 0.15) is 29.3 Å². The van der Waals surface area contributed by atoms with Crippen LogP contribution in [0.5, 0.6) is 11.5 Å². The first-order chi connectivity index (χ1) is 15.2. The van der Waals surface area contributed by atoms with Crippen LogP contribution >= 0.6 is 11.8 Å². The van der Waals surface area contributed by atoms with Crippen molar-refractivity contribution in [3.05, 3.63) is 58.5 Å². The lowest BCUT2D eigenvalue weighted by Gasteiger charge is -2.15. The van der Waals surface area contributed by atoms with Gasteiger partial charge >= 0.3 is 11.9 Å². The van der Waals surface area contributed by atoms with Crippen LogP contribution in [0, 0.1) is 0 Å². The number of hydrogen-bond acceptors (Lipinski definition) is 7. The summed E-state index contributed by atoms with van der Waals surface area (Å²) in [5.74, 6) is -2.59. The maximum atomic E-state index is 12.7. The molecule has 1 heterocycles. The van der Waals surface area contributed by atoms with Crippen molar-refractivity contribution in [1.82, 2.24) is 4.90 Å². The molecule has 32 heavy (non-hydrogen) atoms. The molecule has 0 aromatic heterocycles. The second kappa shape index (κ2) is 9.56. The number of amides is 1. The van der Waals surface area contributed by atoms with E-state index in [1.54, 1.807) is 37.3 Å². The smallest absolute Gasteiger partial charge is 0.344 e. The van der Waals surface area contributed by atoms with E-state index in [2.05, 4.69) is 4.99 Å². The Kier molecular flexibility index (Phi) is 6.84. The standard InChI is InChI=1S/C22H20N2O7S/c1-3-16(21(29)30)31-17-7-5-4-6-12(17)10-18-19(26)24(2)22(32-18)23-15-9-8-13(25)11-14(15)20(27)28/h4-11,16,25H,3H2,1-2H3,(H,27,28)(H,29,30)/b18-10-,23-22?. The third kappa shape index (κ3) is 4.92. The molecular formula is C22H20N2O7S. The predicted octanol–water partition coefficient (Wildman–Crippen LogP) is 3.57. The number of rotatable bonds is 7. The Balaban J connectivity index is 1.95. The maximum Gasteiger partial charge on any atom is 0.344 e. The minimum atomic E-state index is -1.26. The van der Waals surface area contributed by atoms with E-state index in [1.807, 2.05) is 0 Å². The summed E-state index contributed by atoms with van der Waals surface area (Å²) in [6.07, 6.45) is 0.821. The summed E-state index contributed by atoms with van der Waals surface area (Å²) >= 11 is 1.04. The van der Waals surface area contributed by atoms with Gasteiger partial charge in [-0.25, -0.2) is 14.6 Å². The van der Waals surface area contributed by atoms with E-state index in [1.165, 1.54) is 24.1 Å². The highest BCUT2D eigenvalue weighted by molar-refractivity contribution is 8.18. The van der Waals surface area contributed by atoms with E-state index >= 15 is 0 Å². The number of carboxylic acids is 2. The number of phenols is 1. The SMILES string of the molecule is CCC(Oc1ccccc1/C=C1\SC(=Nc2ccc(O)cc2C(=O)O)N(C)C1=O)C(=O)O. The van der Waals surface area contributed by atoms with Gasteiger partial charge in [0, 0.05) is 12.6 Å². The quantitative estimate of drug-likeness (QED) is 0.538. The Morgan fingerprint density at radius 2 is 1.94 bits per heavy atom. The molecule has 0 aliphatic carbocycles. The molecule has 9 nitrogen and oxygen atoms in total. The van der Waals surface area contributed by atoms with E-state index < -0.39 is 18.0 Å². The van der Waals surface area contributed by atoms with Crippen LogP contribution < -0.4 is 4.74 Å². The van der Waals surface area contributed by atoms with Gasteiger partial charge in [-0.15, -0.1) is 0 Å². The first-order valence-corrected chi connectivity index (χ1v) is 10.3. The molecule has 3 rings (SSSR count). The van der Waals surface area contributed by atoms with Crippen molar-refractivity contribution in [2.75, 3.05) is 7.05 Å². The summed E-state index contributed by atoms with van der Waals surface area (Å²) in [7, 11) is 1.51. The summed E-state index contributed by atoms with van der Waals surface area (Å²) < 4.78 is 5.61. The average Bonchev–Trinajstić information content (AvgIpc) is 3.01. The molecule has 0 spiro atoms. The van der Waals surface area contributed by atoms with Gasteiger partial charge in [-0.1, -0.05) is 25.1 Å². The molecule has 10 heteroatoms. The second-order valence-corrected chi connectivity index (χ2v) is 7.78. The average molecular weight is 456 g/mol. The number of para-hydroxylation sites is 1. The minimum absolute atomic E-state index is 0.0923. The van der Waals surface area contributed by atoms with E-state index in [-0.39, 0.29) is 34.5 Å². The van der Waals surface area contributed by atoms with Gasteiger partial charge in [-0.05, 0) is 48.5 Å². The number of carboxylic acid groups (broad SMARTS) is 2. The van der Waals surface area contributed by atoms with E-state index in [0.717, 1.165) is 17.8 Å². The van der Waals surface area contributed by atoms with Crippen molar-refractivity contribution in [3.8, 4) is 11.5 Å². The Labute approximate surface area is 187 Å². The number of carbonyl (C=O) groups is 3. The number of aliphatic imine (C=N–C) groups is 1. The van der Waals surface area contributed by atoms with Crippen LogP contribution in [0.3, 0.4) is 0 Å². The molecular weight excluding hydrogens is 436 g/mol. The fourth-order valence-corrected chi connectivity index (χ4v) is 3.83. The van der Waals surface area contributed by atoms with Gasteiger partial charge in [0.2, 0.25) is 0 Å². The summed E-state index contributed by atoms with van der Waals surface area (Å²) in [6.45, 7) is 1.70. The van der Waals surface area contributed by atoms with Gasteiger partial charge in [0.05, 0.1) is 16.2 Å². The number of aromatic carboxylic acids is 1. The number of phenolic OH excluding ortho intramolecular Hbond substituents is 1. The fraction of sp³-hybridized carbons (Fsp3) is 0.182. The van der Waals surface area contributed by atoms with E-state index in [0.29, 0.717) is 16.2 Å². The van der Waals surface area contributed by atoms with Crippen LogP contribution in [-0.4, -0.2) is 56.4 Å². The lowest BCUT2D eigenvalue weighted by Crippen LogP contribution is -2.26. The zero-order valence-corrected chi connectivity index (χ0v) is 18.0. The number of amidine groups is 1. The highest BCUT2D eigenvalue weighted by Crippen LogP contribution is 2.36. The van der Waals surface area contributed by atoms with Crippen LogP contribution in [-0.2, 0) is 9.59 Å². The molecule has 0 bridgehead atoms. The Morgan fingerprint density at radius 1 is 1.22 bits per heavy atom. The molecule has 1 fully saturated rings. The van der Waals surface area contributed by atoms with Crippen molar-refractivity contribution in [2.45, 2.75) is 19.4 Å². The number of thioether (sulfide) groups is 1. The number of likely N-dealkylation sites (N-methyl/N-ethyl adjacent to an activating group) is 1. The Morgan fingerprint density at radius 3 is 2.59 bits per heavy atom. The van der Waals surface area contributed by atoms with Crippen molar-refractivity contribution in [1.29, 1.82) is 0 Å². The number of aromatic hydroxyl groups is 1. The van der Waals surface area contributed by atoms with Crippen molar-refractivity contribution in [2.24, 2.45) is 4.99 Å². The van der Waals surface area contributed by atoms with Gasteiger partial charge in [0.25, 0.3) is 5.91 Å². The number of nitrogens with zero attached hydrogens (tertiary/aromatic N) is 2. The monoisotopic (exact) mass is 456 g/mol. The predicted molar refractivity (Wildman–Crippen MR) is 119 cm³/mol. The minimum Gasteiger partial charge on any atom is -0.508 e. The normalized spacial score (nSPS) is 17.1. The number of ether oxygens (including phenoxy) is 1. The maximum absolute atomic E-state index is 12.7. The number of benzene rings is 2. The van der Waals surface area contributed by atoms with Crippen LogP contribution in [0.2, 0.25) is 0 Å². The van der Waals surface area contributed by atoms with E-state index in [4.69, 9.17) is 4.74 Å². The Hall–Kier alpha value is -3.79. The van der Waals surface area contributed by atoms with Crippen LogP contribution in [0.25, 0.3) is 6.08 Å². The van der Waals surface area contributed by atoms with Gasteiger partial charge in [-0.3, -0.25) is 9.69 Å². The summed E-state index contributed by atoms with van der Waals surface area (Å²) in [4.78, 5) is 41.4. The molecule has 1 unspecified atom stereocenters. The number of carbonyl (C=O) groups excluding carboxylic acids is 1. The summed E-state index contributed by atoms with van der Waals surface area (Å²) in [6, 6.07) is 10.5. The third-order valence-electron chi connectivity index (χ3n) is 4.55. The van der Waals surface area contributed by atoms with Gasteiger partial charge in [0.15, 0.2) is 11.3 Å². The van der Waals surface area contributed by atoms with Gasteiger partial charge in [-0.2, -0.15) is 0 Å². The van der Waals surface area contributed by atoms with Crippen LogP contribution in [0.15, 0.2) is 52.4 Å². The molecule has 166 valence electrons. The molecule has 3 N–H and O–H groups in total. The molecule has 1 amide bonds. The lowest BCUT2D eigenvalue weighted by molar-refractivity contribution is -0.145. The molecule has 1 saturated heterocycles. The number of aliphatic carboxylic acids is 1. The third-order valence-corrected chi connectivity index (χ3v) is 5.61. The summed E-state index contributed by atoms with van der Waals surface area (Å²) in [5, 5.41) is 28.4. The molecule has 1 aliphatic heterocycles. The van der Waals surface area contributed by atoms with E-state index in [9.17, 15) is 29.7 Å². The first-order valence-electron chi connectivity index (χ1n) is 9.52. The number of hydrogen-bond donors (Lipinski definition) is 3. The molecule has 2 aromatic carbocycles. The fourth-order valence-electron chi connectivity index (χ4n) is 2.86. The van der Waals surface area contributed by atoms with Gasteiger partial charge in [0.1, 0.15) is 11.5 Å². The topological polar surface area (TPSA) is 137 Å². The lowest BCUT2D eigenvalue weighted by atomic mass is 10.1. The van der Waals surface area contributed by atoms with Crippen LogP contribution in [0.4, 0.5) is 5.69 Å². The highest BCUT2D eigenvalue weighted by atomic mass is 32.2. The first kappa shape index (κ1) is 22.9. The zero-order chi connectivity index (χ0) is 23.4. The van der Waals surface area contributed by atoms with Gasteiger partial charge < -0.3 is 20.1 Å². The molecule has 0 saturated carbocycles. The van der Waals surface area contributed by atoms with Crippen molar-refractivity contribution in [3.63, 3.8) is 0 Å². The molecule has 2 aromatic rings. The second-order valence-electron chi connectivity index (χ2n) is 6.77. The van der Waals surface area contributed by atoms with Crippen molar-refractivity contribution < 1.29 is 34.4 Å². The largest absolute Gasteiger partial charge is 0.508 e. The van der Waals surface area contributed by atoms with Crippen molar-refractivity contribution >= 4 is 46.5 Å². The molecule has 1 aliphatic rings. The molecule has 0 radical (unpaired) electrons. The Bertz CT molecular complexity index is 1140. The summed E-state index contributed by atoms with van der Waals surface area (Å²) in [5.41, 5.74) is 0.414. The molecule has 1 atom stereocenters. The zero-order valence-electron chi connectivity index (χ0n) is 17.2.